The molecular weight excluding hydrogens is 362 g/mol. The van der Waals surface area contributed by atoms with Crippen LogP contribution in [-0.4, -0.2) is 36.3 Å². The van der Waals surface area contributed by atoms with Crippen LogP contribution in [0.15, 0.2) is 42.5 Å². The summed E-state index contributed by atoms with van der Waals surface area (Å²) < 4.78 is 0. The maximum atomic E-state index is 12.8. The Balaban J connectivity index is 1.66. The van der Waals surface area contributed by atoms with Gasteiger partial charge in [0.25, 0.3) is 5.91 Å². The summed E-state index contributed by atoms with van der Waals surface area (Å²) in [7, 11) is 0. The van der Waals surface area contributed by atoms with Gasteiger partial charge in [0.1, 0.15) is 0 Å². The third-order valence-corrected chi connectivity index (χ3v) is 4.87. The molecule has 1 fully saturated rings. The van der Waals surface area contributed by atoms with E-state index in [0.717, 1.165) is 43.6 Å². The number of halogens is 1. The minimum absolute atomic E-state index is 0.0205. The second kappa shape index (κ2) is 8.91. The van der Waals surface area contributed by atoms with E-state index in [4.69, 9.17) is 11.6 Å². The van der Waals surface area contributed by atoms with Gasteiger partial charge in [-0.1, -0.05) is 29.3 Å². The zero-order chi connectivity index (χ0) is 19.2. The van der Waals surface area contributed by atoms with Crippen LogP contribution in [0.2, 0.25) is 5.02 Å². The lowest BCUT2D eigenvalue weighted by Crippen LogP contribution is -2.36. The number of anilines is 2. The van der Waals surface area contributed by atoms with Crippen LogP contribution in [0.3, 0.4) is 0 Å². The molecule has 3 rings (SSSR count). The molecule has 0 radical (unpaired) electrons. The molecule has 2 N–H and O–H groups in total. The van der Waals surface area contributed by atoms with E-state index in [1.165, 1.54) is 0 Å². The van der Waals surface area contributed by atoms with Gasteiger partial charge in [-0.25, -0.2) is 0 Å². The van der Waals surface area contributed by atoms with Crippen molar-refractivity contribution < 1.29 is 9.59 Å². The number of nitrogens with zero attached hydrogens (tertiary/aromatic N) is 1. The van der Waals surface area contributed by atoms with Gasteiger partial charge in [-0.3, -0.25) is 9.59 Å². The molecule has 0 aromatic heterocycles. The molecule has 1 aliphatic rings. The third kappa shape index (κ3) is 5.23. The van der Waals surface area contributed by atoms with Crippen LogP contribution in [0, 0.1) is 6.92 Å². The van der Waals surface area contributed by atoms with E-state index in [-0.39, 0.29) is 18.4 Å². The Labute approximate surface area is 164 Å². The fourth-order valence-corrected chi connectivity index (χ4v) is 3.31. The largest absolute Gasteiger partial charge is 0.375 e. The average Bonchev–Trinajstić information content (AvgIpc) is 2.68. The van der Waals surface area contributed by atoms with Crippen LogP contribution < -0.4 is 10.6 Å². The predicted octanol–water partition coefficient (Wildman–Crippen LogP) is 4.33. The van der Waals surface area contributed by atoms with Gasteiger partial charge in [0.2, 0.25) is 5.91 Å². The number of amides is 2. The van der Waals surface area contributed by atoms with Gasteiger partial charge in [0.05, 0.1) is 12.1 Å². The zero-order valence-corrected chi connectivity index (χ0v) is 16.2. The summed E-state index contributed by atoms with van der Waals surface area (Å²) in [5.41, 5.74) is 3.00. The normalized spacial score (nSPS) is 13.9. The van der Waals surface area contributed by atoms with Gasteiger partial charge in [-0.2, -0.15) is 0 Å². The second-order valence-electron chi connectivity index (χ2n) is 6.81. The van der Waals surface area contributed by atoms with Crippen LogP contribution in [0.5, 0.6) is 0 Å². The fourth-order valence-electron chi connectivity index (χ4n) is 3.13. The van der Waals surface area contributed by atoms with Crippen molar-refractivity contribution in [1.82, 2.24) is 4.90 Å². The van der Waals surface area contributed by atoms with Crippen molar-refractivity contribution in [3.05, 3.63) is 58.6 Å². The zero-order valence-electron chi connectivity index (χ0n) is 15.4. The number of rotatable bonds is 5. The van der Waals surface area contributed by atoms with Crippen molar-refractivity contribution in [2.75, 3.05) is 30.3 Å². The summed E-state index contributed by atoms with van der Waals surface area (Å²) >= 11 is 6.10. The molecule has 1 heterocycles. The Morgan fingerprint density at radius 1 is 1.04 bits per heavy atom. The molecule has 5 nitrogen and oxygen atoms in total. The standard InChI is InChI=1S/C21H24ClN3O2/c1-15-5-8-17(9-6-15)24-20(26)14-23-19-13-16(22)7-10-18(19)21(27)25-11-3-2-4-12-25/h5-10,13,23H,2-4,11-12,14H2,1H3,(H,24,26). The van der Waals surface area contributed by atoms with E-state index in [2.05, 4.69) is 10.6 Å². The average molecular weight is 386 g/mol. The molecule has 2 aromatic carbocycles. The Morgan fingerprint density at radius 3 is 2.44 bits per heavy atom. The summed E-state index contributed by atoms with van der Waals surface area (Å²) in [4.78, 5) is 26.9. The van der Waals surface area contributed by atoms with Crippen LogP contribution in [0.25, 0.3) is 0 Å². The topological polar surface area (TPSA) is 61.4 Å². The summed E-state index contributed by atoms with van der Waals surface area (Å²) in [6.07, 6.45) is 3.22. The highest BCUT2D eigenvalue weighted by atomic mass is 35.5. The molecule has 0 saturated carbocycles. The van der Waals surface area contributed by atoms with E-state index in [9.17, 15) is 9.59 Å². The lowest BCUT2D eigenvalue weighted by Gasteiger charge is -2.27. The summed E-state index contributed by atoms with van der Waals surface area (Å²) in [6.45, 7) is 3.59. The predicted molar refractivity (Wildman–Crippen MR) is 110 cm³/mol. The van der Waals surface area contributed by atoms with Crippen molar-refractivity contribution >= 4 is 34.8 Å². The highest BCUT2D eigenvalue weighted by Gasteiger charge is 2.21. The number of hydrogen-bond donors (Lipinski definition) is 2. The third-order valence-electron chi connectivity index (χ3n) is 4.63. The molecule has 142 valence electrons. The quantitative estimate of drug-likeness (QED) is 0.805. The van der Waals surface area contributed by atoms with E-state index < -0.39 is 0 Å². The van der Waals surface area contributed by atoms with Gasteiger partial charge in [-0.15, -0.1) is 0 Å². The number of hydrogen-bond acceptors (Lipinski definition) is 3. The lowest BCUT2D eigenvalue weighted by atomic mass is 10.1. The van der Waals surface area contributed by atoms with Crippen LogP contribution in [0.4, 0.5) is 11.4 Å². The van der Waals surface area contributed by atoms with Crippen molar-refractivity contribution in [1.29, 1.82) is 0 Å². The first kappa shape index (κ1) is 19.2. The van der Waals surface area contributed by atoms with E-state index in [1.807, 2.05) is 36.1 Å². The van der Waals surface area contributed by atoms with Gasteiger partial charge in [0.15, 0.2) is 0 Å². The molecule has 0 atom stereocenters. The number of aryl methyl sites for hydroxylation is 1. The number of carbonyl (C=O) groups is 2. The number of carbonyl (C=O) groups excluding carboxylic acids is 2. The number of benzene rings is 2. The van der Waals surface area contributed by atoms with Crippen LogP contribution in [0.1, 0.15) is 35.2 Å². The van der Waals surface area contributed by atoms with Crippen LogP contribution in [-0.2, 0) is 4.79 Å². The molecule has 0 unspecified atom stereocenters. The van der Waals surface area contributed by atoms with Gasteiger partial charge in [0, 0.05) is 29.5 Å². The maximum Gasteiger partial charge on any atom is 0.255 e. The van der Waals surface area contributed by atoms with E-state index >= 15 is 0 Å². The van der Waals surface area contributed by atoms with Crippen LogP contribution >= 0.6 is 11.6 Å². The Kier molecular flexibility index (Phi) is 6.35. The summed E-state index contributed by atoms with van der Waals surface area (Å²) in [5.74, 6) is -0.206. The van der Waals surface area contributed by atoms with Crippen molar-refractivity contribution in [2.45, 2.75) is 26.2 Å². The number of nitrogens with one attached hydrogen (secondary N) is 2. The first-order valence-corrected chi connectivity index (χ1v) is 9.60. The molecule has 6 heteroatoms. The minimum Gasteiger partial charge on any atom is -0.375 e. The molecule has 2 aromatic rings. The minimum atomic E-state index is -0.185. The number of likely N-dealkylation sites (tertiary alicyclic amines) is 1. The highest BCUT2D eigenvalue weighted by Crippen LogP contribution is 2.24. The van der Waals surface area contributed by atoms with Crippen molar-refractivity contribution in [3.63, 3.8) is 0 Å². The van der Waals surface area contributed by atoms with Crippen molar-refractivity contribution in [3.8, 4) is 0 Å². The Hall–Kier alpha value is -2.53. The first-order valence-electron chi connectivity index (χ1n) is 9.22. The lowest BCUT2D eigenvalue weighted by molar-refractivity contribution is -0.114. The molecule has 0 bridgehead atoms. The number of piperidine rings is 1. The maximum absolute atomic E-state index is 12.8. The molecule has 1 saturated heterocycles. The smallest absolute Gasteiger partial charge is 0.255 e. The Bertz CT molecular complexity index is 815. The molecule has 0 spiro atoms. The monoisotopic (exact) mass is 385 g/mol. The van der Waals surface area contributed by atoms with Gasteiger partial charge in [-0.05, 0) is 56.5 Å². The molecule has 27 heavy (non-hydrogen) atoms. The molecule has 0 aliphatic carbocycles. The first-order chi connectivity index (χ1) is 13.0. The summed E-state index contributed by atoms with van der Waals surface area (Å²) in [6, 6.07) is 12.7. The van der Waals surface area contributed by atoms with E-state index in [0.29, 0.717) is 16.3 Å². The summed E-state index contributed by atoms with van der Waals surface area (Å²) in [5, 5.41) is 6.42. The molecular formula is C21H24ClN3O2. The SMILES string of the molecule is Cc1ccc(NC(=O)CNc2cc(Cl)ccc2C(=O)N2CCCCC2)cc1. The fraction of sp³-hybridized carbons (Fsp3) is 0.333. The van der Waals surface area contributed by atoms with Gasteiger partial charge < -0.3 is 15.5 Å². The molecule has 2 amide bonds. The Morgan fingerprint density at radius 2 is 1.74 bits per heavy atom. The molecule has 1 aliphatic heterocycles. The van der Waals surface area contributed by atoms with E-state index in [1.54, 1.807) is 18.2 Å². The van der Waals surface area contributed by atoms with Crippen molar-refractivity contribution in [2.24, 2.45) is 0 Å². The second-order valence-corrected chi connectivity index (χ2v) is 7.25. The van der Waals surface area contributed by atoms with Gasteiger partial charge >= 0.3 is 0 Å². The highest BCUT2D eigenvalue weighted by molar-refractivity contribution is 6.31.